The Morgan fingerprint density at radius 1 is 1.21 bits per heavy atom. The van der Waals surface area contributed by atoms with E-state index >= 15 is 0 Å². The zero-order valence-electron chi connectivity index (χ0n) is 20.2. The van der Waals surface area contributed by atoms with Gasteiger partial charge in [0.15, 0.2) is 0 Å². The summed E-state index contributed by atoms with van der Waals surface area (Å²) in [6.07, 6.45) is 2.36. The second-order valence-electron chi connectivity index (χ2n) is 10.5. The standard InChI is InChI=1S/C26H36O7/c1-17(27)32-22-11-13-26(5,30)21(24(22,2)3)10-12-25(4,29)14-15-31-19-8-6-18-7-9-23(28)33-20(18)16-19/h6-9,16,21-22,29-30H,10-15H2,1-5H3/t21-,22+,25+,26+/m1/s1. The fourth-order valence-corrected chi connectivity index (χ4v) is 5.19. The van der Waals surface area contributed by atoms with Gasteiger partial charge in [0.1, 0.15) is 17.4 Å². The molecular weight excluding hydrogens is 424 g/mol. The molecule has 33 heavy (non-hydrogen) atoms. The molecule has 0 radical (unpaired) electrons. The van der Waals surface area contributed by atoms with Crippen LogP contribution in [0.1, 0.15) is 66.7 Å². The Balaban J connectivity index is 1.59. The minimum atomic E-state index is -0.996. The van der Waals surface area contributed by atoms with Crippen molar-refractivity contribution in [2.75, 3.05) is 6.61 Å². The average molecular weight is 461 g/mol. The number of carbonyl (C=O) groups excluding carboxylic acids is 1. The van der Waals surface area contributed by atoms with Gasteiger partial charge in [-0.25, -0.2) is 4.79 Å². The molecule has 0 spiro atoms. The molecule has 1 saturated carbocycles. The lowest BCUT2D eigenvalue weighted by molar-refractivity contribution is -0.182. The van der Waals surface area contributed by atoms with Crippen LogP contribution in [-0.2, 0) is 9.53 Å². The Hall–Kier alpha value is -2.38. The molecule has 1 heterocycles. The summed E-state index contributed by atoms with van der Waals surface area (Å²) in [7, 11) is 0. The van der Waals surface area contributed by atoms with Gasteiger partial charge in [0.2, 0.25) is 0 Å². The van der Waals surface area contributed by atoms with Crippen LogP contribution >= 0.6 is 0 Å². The topological polar surface area (TPSA) is 106 Å². The lowest BCUT2D eigenvalue weighted by Gasteiger charge is -2.52. The second kappa shape index (κ2) is 9.47. The number of aliphatic hydroxyl groups is 2. The maximum absolute atomic E-state index is 11.5. The maximum atomic E-state index is 11.5. The van der Waals surface area contributed by atoms with Gasteiger partial charge in [-0.15, -0.1) is 0 Å². The molecule has 4 atom stereocenters. The highest BCUT2D eigenvalue weighted by Crippen LogP contribution is 2.50. The van der Waals surface area contributed by atoms with Crippen LogP contribution in [0.3, 0.4) is 0 Å². The van der Waals surface area contributed by atoms with Crippen molar-refractivity contribution in [1.82, 2.24) is 0 Å². The van der Waals surface area contributed by atoms with E-state index in [1.807, 2.05) is 26.8 Å². The molecule has 1 aliphatic carbocycles. The van der Waals surface area contributed by atoms with Crippen LogP contribution in [0, 0.1) is 11.3 Å². The summed E-state index contributed by atoms with van der Waals surface area (Å²) in [5.74, 6) is 0.109. The van der Waals surface area contributed by atoms with Crippen molar-refractivity contribution in [3.8, 4) is 5.75 Å². The van der Waals surface area contributed by atoms with Gasteiger partial charge in [-0.3, -0.25) is 4.79 Å². The maximum Gasteiger partial charge on any atom is 0.336 e. The summed E-state index contributed by atoms with van der Waals surface area (Å²) in [4.78, 5) is 23.0. The number of carbonyl (C=O) groups is 1. The van der Waals surface area contributed by atoms with Crippen LogP contribution < -0.4 is 10.4 Å². The van der Waals surface area contributed by atoms with Gasteiger partial charge in [0, 0.05) is 36.3 Å². The molecule has 1 aliphatic rings. The van der Waals surface area contributed by atoms with Gasteiger partial charge < -0.3 is 24.1 Å². The van der Waals surface area contributed by atoms with E-state index in [0.29, 0.717) is 43.4 Å². The number of esters is 1. The summed E-state index contributed by atoms with van der Waals surface area (Å²) < 4.78 is 16.5. The predicted octanol–water partition coefficient (Wildman–Crippen LogP) is 4.21. The van der Waals surface area contributed by atoms with Gasteiger partial charge in [-0.05, 0) is 63.6 Å². The smallest absolute Gasteiger partial charge is 0.336 e. The Morgan fingerprint density at radius 2 is 1.91 bits per heavy atom. The quantitative estimate of drug-likeness (QED) is 0.449. The first-order valence-corrected chi connectivity index (χ1v) is 11.6. The fourth-order valence-electron chi connectivity index (χ4n) is 5.19. The van der Waals surface area contributed by atoms with Crippen molar-refractivity contribution in [2.45, 2.75) is 84.0 Å². The highest BCUT2D eigenvalue weighted by atomic mass is 16.5. The first-order chi connectivity index (χ1) is 15.3. The van der Waals surface area contributed by atoms with E-state index in [9.17, 15) is 19.8 Å². The Bertz CT molecular complexity index is 1030. The van der Waals surface area contributed by atoms with Crippen LogP contribution in [0.4, 0.5) is 0 Å². The third kappa shape index (κ3) is 6.15. The Labute approximate surface area is 194 Å². The number of fused-ring (bicyclic) bond motifs is 1. The van der Waals surface area contributed by atoms with Crippen LogP contribution in [0.5, 0.6) is 5.75 Å². The van der Waals surface area contributed by atoms with E-state index in [-0.39, 0.29) is 24.6 Å². The van der Waals surface area contributed by atoms with Crippen molar-refractivity contribution in [1.29, 1.82) is 0 Å². The van der Waals surface area contributed by atoms with E-state index in [4.69, 9.17) is 13.9 Å². The predicted molar refractivity (Wildman–Crippen MR) is 125 cm³/mol. The SMILES string of the molecule is CC(=O)O[C@H]1CC[C@](C)(O)[C@H](CC[C@](C)(O)CCOc2ccc3ccc(=O)oc3c2)C1(C)C. The van der Waals surface area contributed by atoms with E-state index in [1.54, 1.807) is 25.1 Å². The number of benzene rings is 1. The first-order valence-electron chi connectivity index (χ1n) is 11.6. The molecule has 0 aliphatic heterocycles. The molecule has 3 rings (SSSR count). The molecule has 2 aromatic rings. The fraction of sp³-hybridized carbons (Fsp3) is 0.615. The highest BCUT2D eigenvalue weighted by Gasteiger charge is 2.52. The number of hydrogen-bond donors (Lipinski definition) is 2. The molecular formula is C26H36O7. The summed E-state index contributed by atoms with van der Waals surface area (Å²) in [6.45, 7) is 9.34. The lowest BCUT2D eigenvalue weighted by Crippen LogP contribution is -2.55. The number of rotatable bonds is 8. The van der Waals surface area contributed by atoms with E-state index < -0.39 is 22.2 Å². The van der Waals surface area contributed by atoms with Crippen molar-refractivity contribution >= 4 is 16.9 Å². The van der Waals surface area contributed by atoms with Gasteiger partial charge in [0.25, 0.3) is 0 Å². The number of hydrogen-bond acceptors (Lipinski definition) is 7. The van der Waals surface area contributed by atoms with Gasteiger partial charge >= 0.3 is 11.6 Å². The van der Waals surface area contributed by atoms with Gasteiger partial charge in [0.05, 0.1) is 17.8 Å². The molecule has 0 unspecified atom stereocenters. The van der Waals surface area contributed by atoms with Crippen molar-refractivity contribution in [2.24, 2.45) is 11.3 Å². The first kappa shape index (κ1) is 25.2. The normalized spacial score (nSPS) is 26.5. The molecule has 7 nitrogen and oxygen atoms in total. The molecule has 1 fully saturated rings. The van der Waals surface area contributed by atoms with Crippen molar-refractivity contribution in [3.63, 3.8) is 0 Å². The molecule has 0 amide bonds. The largest absolute Gasteiger partial charge is 0.493 e. The van der Waals surface area contributed by atoms with Gasteiger partial charge in [-0.2, -0.15) is 0 Å². The summed E-state index contributed by atoms with van der Waals surface area (Å²) in [5, 5.41) is 22.9. The minimum Gasteiger partial charge on any atom is -0.493 e. The van der Waals surface area contributed by atoms with E-state index in [2.05, 4.69) is 0 Å². The zero-order chi connectivity index (χ0) is 24.4. The Kier molecular flexibility index (Phi) is 7.24. The molecule has 0 saturated heterocycles. The van der Waals surface area contributed by atoms with Crippen molar-refractivity contribution < 1.29 is 28.9 Å². The molecule has 7 heteroatoms. The Morgan fingerprint density at radius 3 is 2.61 bits per heavy atom. The molecule has 1 aromatic carbocycles. The average Bonchev–Trinajstić information content (AvgIpc) is 2.69. The zero-order valence-corrected chi connectivity index (χ0v) is 20.2. The summed E-state index contributed by atoms with van der Waals surface area (Å²) >= 11 is 0. The van der Waals surface area contributed by atoms with Crippen LogP contribution in [0.25, 0.3) is 11.0 Å². The lowest BCUT2D eigenvalue weighted by atomic mass is 9.58. The molecule has 0 bridgehead atoms. The second-order valence-corrected chi connectivity index (χ2v) is 10.5. The molecule has 182 valence electrons. The summed E-state index contributed by atoms with van der Waals surface area (Å²) in [5.41, 5.74) is -2.28. The highest BCUT2D eigenvalue weighted by molar-refractivity contribution is 5.77. The number of ether oxygens (including phenoxy) is 2. The third-order valence-corrected chi connectivity index (χ3v) is 7.18. The third-order valence-electron chi connectivity index (χ3n) is 7.18. The van der Waals surface area contributed by atoms with Crippen LogP contribution in [0.2, 0.25) is 0 Å². The van der Waals surface area contributed by atoms with Crippen molar-refractivity contribution in [3.05, 3.63) is 40.8 Å². The van der Waals surface area contributed by atoms with E-state index in [1.165, 1.54) is 13.0 Å². The minimum absolute atomic E-state index is 0.140. The molecule has 2 N–H and O–H groups in total. The van der Waals surface area contributed by atoms with Crippen LogP contribution in [-0.4, -0.2) is 40.1 Å². The monoisotopic (exact) mass is 460 g/mol. The van der Waals surface area contributed by atoms with E-state index in [0.717, 1.165) is 5.39 Å². The van der Waals surface area contributed by atoms with Crippen LogP contribution in [0.15, 0.2) is 39.5 Å². The van der Waals surface area contributed by atoms with Gasteiger partial charge in [-0.1, -0.05) is 13.8 Å². The summed E-state index contributed by atoms with van der Waals surface area (Å²) in [6, 6.07) is 8.36. The molecule has 1 aromatic heterocycles.